The largest absolute Gasteiger partial charge is 0.480 e. The summed E-state index contributed by atoms with van der Waals surface area (Å²) in [7, 11) is 0. The first-order valence-electron chi connectivity index (χ1n) is 6.48. The Morgan fingerprint density at radius 2 is 1.76 bits per heavy atom. The van der Waals surface area contributed by atoms with E-state index in [2.05, 4.69) is 5.32 Å². The van der Waals surface area contributed by atoms with Gasteiger partial charge in [0.05, 0.1) is 0 Å². The second-order valence-corrected chi connectivity index (χ2v) is 4.71. The number of carbonyl (C=O) groups is 1. The molecule has 0 fully saturated rings. The monoisotopic (exact) mass is 291 g/mol. The highest BCUT2D eigenvalue weighted by Crippen LogP contribution is 2.23. The molecule has 0 bridgehead atoms. The van der Waals surface area contributed by atoms with Crippen molar-refractivity contribution in [2.45, 2.75) is 19.0 Å². The van der Waals surface area contributed by atoms with Gasteiger partial charge < -0.3 is 5.11 Å². The molecule has 3 nitrogen and oxygen atoms in total. The summed E-state index contributed by atoms with van der Waals surface area (Å²) in [4.78, 5) is 11.4. The van der Waals surface area contributed by atoms with Gasteiger partial charge in [0, 0.05) is 11.6 Å². The molecule has 2 atom stereocenters. The molecule has 0 radical (unpaired) electrons. The average Bonchev–Trinajstić information content (AvgIpc) is 2.48. The Morgan fingerprint density at radius 3 is 2.38 bits per heavy atom. The average molecular weight is 291 g/mol. The standard InChI is InChI=1S/C16H15F2NO2/c1-10(12-8-5-9-13(17)14(12)18)19-15(16(20)21)11-6-3-2-4-7-11/h2-10,15,19H,1H3,(H,20,21). The topological polar surface area (TPSA) is 49.3 Å². The van der Waals surface area contributed by atoms with Crippen LogP contribution in [0.5, 0.6) is 0 Å². The van der Waals surface area contributed by atoms with Crippen LogP contribution in [0.4, 0.5) is 8.78 Å². The Morgan fingerprint density at radius 1 is 1.10 bits per heavy atom. The van der Waals surface area contributed by atoms with E-state index in [1.807, 2.05) is 0 Å². The molecule has 2 aromatic rings. The van der Waals surface area contributed by atoms with Crippen LogP contribution in [-0.2, 0) is 4.79 Å². The zero-order valence-corrected chi connectivity index (χ0v) is 11.4. The molecule has 0 heterocycles. The Kier molecular flexibility index (Phi) is 4.65. The fourth-order valence-corrected chi connectivity index (χ4v) is 2.15. The third kappa shape index (κ3) is 3.44. The van der Waals surface area contributed by atoms with Crippen LogP contribution < -0.4 is 5.32 Å². The fourth-order valence-electron chi connectivity index (χ4n) is 2.15. The number of rotatable bonds is 5. The maximum absolute atomic E-state index is 13.7. The number of hydrogen-bond donors (Lipinski definition) is 2. The van der Waals surface area contributed by atoms with Crippen LogP contribution in [0.3, 0.4) is 0 Å². The molecule has 0 spiro atoms. The van der Waals surface area contributed by atoms with Crippen LogP contribution in [0.1, 0.15) is 30.1 Å². The van der Waals surface area contributed by atoms with Crippen molar-refractivity contribution in [1.82, 2.24) is 5.32 Å². The van der Waals surface area contributed by atoms with Crippen molar-refractivity contribution >= 4 is 5.97 Å². The molecule has 0 aliphatic carbocycles. The van der Waals surface area contributed by atoms with Gasteiger partial charge in [0.1, 0.15) is 6.04 Å². The summed E-state index contributed by atoms with van der Waals surface area (Å²) in [6, 6.07) is 10.8. The lowest BCUT2D eigenvalue weighted by Crippen LogP contribution is -2.31. The molecule has 2 N–H and O–H groups in total. The third-order valence-corrected chi connectivity index (χ3v) is 3.24. The molecule has 2 unspecified atom stereocenters. The van der Waals surface area contributed by atoms with Gasteiger partial charge in [-0.25, -0.2) is 8.78 Å². The van der Waals surface area contributed by atoms with Gasteiger partial charge in [-0.15, -0.1) is 0 Å². The molecule has 0 saturated carbocycles. The highest BCUT2D eigenvalue weighted by atomic mass is 19.2. The van der Waals surface area contributed by atoms with Crippen molar-refractivity contribution in [3.63, 3.8) is 0 Å². The molecule has 0 aromatic heterocycles. The highest BCUT2D eigenvalue weighted by molar-refractivity contribution is 5.75. The number of halogens is 2. The maximum Gasteiger partial charge on any atom is 0.325 e. The minimum absolute atomic E-state index is 0.0946. The van der Waals surface area contributed by atoms with Crippen molar-refractivity contribution in [1.29, 1.82) is 0 Å². The summed E-state index contributed by atoms with van der Waals surface area (Å²) in [6.07, 6.45) is 0. The highest BCUT2D eigenvalue weighted by Gasteiger charge is 2.23. The van der Waals surface area contributed by atoms with E-state index in [0.29, 0.717) is 5.56 Å². The Hall–Kier alpha value is -2.27. The number of nitrogens with one attached hydrogen (secondary N) is 1. The van der Waals surface area contributed by atoms with Crippen LogP contribution in [0.25, 0.3) is 0 Å². The molecule has 0 aliphatic rings. The molecule has 2 rings (SSSR count). The van der Waals surface area contributed by atoms with Crippen molar-refractivity contribution < 1.29 is 18.7 Å². The van der Waals surface area contributed by atoms with E-state index in [4.69, 9.17) is 0 Å². The zero-order chi connectivity index (χ0) is 15.4. The molecule has 110 valence electrons. The third-order valence-electron chi connectivity index (χ3n) is 3.24. The molecule has 5 heteroatoms. The smallest absolute Gasteiger partial charge is 0.325 e. The van der Waals surface area contributed by atoms with Crippen molar-refractivity contribution in [3.8, 4) is 0 Å². The van der Waals surface area contributed by atoms with Crippen molar-refractivity contribution in [2.24, 2.45) is 0 Å². The molecule has 0 amide bonds. The zero-order valence-electron chi connectivity index (χ0n) is 11.4. The number of benzene rings is 2. The molecule has 21 heavy (non-hydrogen) atoms. The minimum Gasteiger partial charge on any atom is -0.480 e. The van der Waals surface area contributed by atoms with E-state index in [1.54, 1.807) is 37.3 Å². The first-order chi connectivity index (χ1) is 10.0. The molecule has 0 saturated heterocycles. The normalized spacial score (nSPS) is 13.7. The van der Waals surface area contributed by atoms with E-state index in [-0.39, 0.29) is 5.56 Å². The summed E-state index contributed by atoms with van der Waals surface area (Å²) in [5.74, 6) is -2.99. The number of carboxylic acid groups (broad SMARTS) is 1. The van der Waals surface area contributed by atoms with E-state index >= 15 is 0 Å². The molecular formula is C16H15F2NO2. The van der Waals surface area contributed by atoms with Crippen molar-refractivity contribution in [3.05, 3.63) is 71.3 Å². The van der Waals surface area contributed by atoms with Crippen LogP contribution in [0, 0.1) is 11.6 Å². The van der Waals surface area contributed by atoms with Gasteiger partial charge in [-0.05, 0) is 18.6 Å². The van der Waals surface area contributed by atoms with Gasteiger partial charge in [0.25, 0.3) is 0 Å². The summed E-state index contributed by atoms with van der Waals surface area (Å²) in [5.41, 5.74) is 0.644. The summed E-state index contributed by atoms with van der Waals surface area (Å²) >= 11 is 0. The van der Waals surface area contributed by atoms with E-state index < -0.39 is 29.7 Å². The number of carboxylic acids is 1. The predicted octanol–water partition coefficient (Wildman–Crippen LogP) is 3.44. The van der Waals surface area contributed by atoms with Crippen molar-refractivity contribution in [2.75, 3.05) is 0 Å². The lowest BCUT2D eigenvalue weighted by Gasteiger charge is -2.21. The second kappa shape index (κ2) is 6.45. The van der Waals surface area contributed by atoms with Crippen LogP contribution in [0.15, 0.2) is 48.5 Å². The Balaban J connectivity index is 2.25. The lowest BCUT2D eigenvalue weighted by atomic mass is 10.0. The Labute approximate surface area is 121 Å². The van der Waals surface area contributed by atoms with Crippen LogP contribution in [0.2, 0.25) is 0 Å². The second-order valence-electron chi connectivity index (χ2n) is 4.71. The first kappa shape index (κ1) is 15.1. The Bertz CT molecular complexity index is 631. The van der Waals surface area contributed by atoms with E-state index in [0.717, 1.165) is 6.07 Å². The van der Waals surface area contributed by atoms with Gasteiger partial charge in [-0.2, -0.15) is 0 Å². The summed E-state index contributed by atoms with van der Waals surface area (Å²) < 4.78 is 27.0. The lowest BCUT2D eigenvalue weighted by molar-refractivity contribution is -0.139. The quantitative estimate of drug-likeness (QED) is 0.887. The number of hydrogen-bond acceptors (Lipinski definition) is 2. The molecular weight excluding hydrogens is 276 g/mol. The molecule has 0 aliphatic heterocycles. The van der Waals surface area contributed by atoms with Crippen LogP contribution >= 0.6 is 0 Å². The van der Waals surface area contributed by atoms with Gasteiger partial charge in [0.2, 0.25) is 0 Å². The molecule has 2 aromatic carbocycles. The number of aliphatic carboxylic acids is 1. The predicted molar refractivity (Wildman–Crippen MR) is 74.7 cm³/mol. The maximum atomic E-state index is 13.7. The van der Waals surface area contributed by atoms with Gasteiger partial charge in [-0.1, -0.05) is 42.5 Å². The van der Waals surface area contributed by atoms with E-state index in [9.17, 15) is 18.7 Å². The van der Waals surface area contributed by atoms with Crippen LogP contribution in [-0.4, -0.2) is 11.1 Å². The van der Waals surface area contributed by atoms with Gasteiger partial charge in [-0.3, -0.25) is 10.1 Å². The fraction of sp³-hybridized carbons (Fsp3) is 0.188. The summed E-state index contributed by atoms with van der Waals surface area (Å²) in [5, 5.41) is 12.1. The van der Waals surface area contributed by atoms with Gasteiger partial charge in [0.15, 0.2) is 11.6 Å². The van der Waals surface area contributed by atoms with E-state index in [1.165, 1.54) is 12.1 Å². The minimum atomic E-state index is -1.08. The SMILES string of the molecule is CC(NC(C(=O)O)c1ccccc1)c1cccc(F)c1F. The summed E-state index contributed by atoms with van der Waals surface area (Å²) in [6.45, 7) is 1.59. The van der Waals surface area contributed by atoms with Gasteiger partial charge >= 0.3 is 5.97 Å². The first-order valence-corrected chi connectivity index (χ1v) is 6.48.